The highest BCUT2D eigenvalue weighted by atomic mass is 32.1. The van der Waals surface area contributed by atoms with Crippen LogP contribution < -0.4 is 9.47 Å². The Morgan fingerprint density at radius 1 is 0.857 bits per heavy atom. The van der Waals surface area contributed by atoms with Gasteiger partial charge in [0.15, 0.2) is 11.5 Å². The van der Waals surface area contributed by atoms with Gasteiger partial charge >= 0.3 is 0 Å². The summed E-state index contributed by atoms with van der Waals surface area (Å²) in [5.74, 6) is 1.26. The van der Waals surface area contributed by atoms with Gasteiger partial charge in [0, 0.05) is 27.9 Å². The summed E-state index contributed by atoms with van der Waals surface area (Å²) in [5.41, 5.74) is 1.70. The van der Waals surface area contributed by atoms with Gasteiger partial charge in [-0.3, -0.25) is 9.59 Å². The van der Waals surface area contributed by atoms with E-state index in [4.69, 9.17) is 9.47 Å². The van der Waals surface area contributed by atoms with Crippen molar-refractivity contribution in [2.45, 2.75) is 58.0 Å². The van der Waals surface area contributed by atoms with Crippen LogP contribution in [0.25, 0.3) is 10.8 Å². The zero-order valence-electron chi connectivity index (χ0n) is 24.8. The molecule has 3 aromatic carbocycles. The first-order chi connectivity index (χ1) is 20.4. The third-order valence-corrected chi connectivity index (χ3v) is 9.18. The Hall–Kier alpha value is -3.84. The maximum absolute atomic E-state index is 14.1. The molecule has 0 radical (unpaired) electrons. The number of amides is 2. The zero-order valence-corrected chi connectivity index (χ0v) is 25.6. The van der Waals surface area contributed by atoms with Gasteiger partial charge in [-0.1, -0.05) is 55.7 Å². The number of hydrogen-bond donors (Lipinski definition) is 0. The number of benzene rings is 3. The zero-order chi connectivity index (χ0) is 29.5. The first kappa shape index (κ1) is 29.6. The number of rotatable bonds is 11. The molecule has 42 heavy (non-hydrogen) atoms. The summed E-state index contributed by atoms with van der Waals surface area (Å²) in [4.78, 5) is 34.3. The van der Waals surface area contributed by atoms with E-state index < -0.39 is 0 Å². The molecule has 7 heteroatoms. The number of carbonyl (C=O) groups excluding carboxylic acids is 2. The highest BCUT2D eigenvalue weighted by Crippen LogP contribution is 2.29. The third kappa shape index (κ3) is 7.13. The molecule has 0 N–H and O–H groups in total. The number of nitrogens with zero attached hydrogens (tertiary/aromatic N) is 2. The molecule has 1 aliphatic rings. The topological polar surface area (TPSA) is 59.1 Å². The van der Waals surface area contributed by atoms with Crippen LogP contribution in [-0.4, -0.2) is 55.0 Å². The van der Waals surface area contributed by atoms with Crippen LogP contribution in [0.4, 0.5) is 0 Å². The van der Waals surface area contributed by atoms with E-state index in [-0.39, 0.29) is 24.4 Å². The number of methoxy groups -OCH3 is 2. The van der Waals surface area contributed by atoms with Crippen LogP contribution in [0.3, 0.4) is 0 Å². The number of thiophene rings is 1. The number of fused-ring (bicyclic) bond motifs is 1. The fourth-order valence-corrected chi connectivity index (χ4v) is 6.75. The molecule has 6 nitrogen and oxygen atoms in total. The van der Waals surface area contributed by atoms with E-state index in [1.54, 1.807) is 25.6 Å². The van der Waals surface area contributed by atoms with Gasteiger partial charge in [-0.25, -0.2) is 0 Å². The van der Waals surface area contributed by atoms with Crippen LogP contribution in [0.5, 0.6) is 11.5 Å². The lowest BCUT2D eigenvalue weighted by Crippen LogP contribution is -2.48. The fourth-order valence-electron chi connectivity index (χ4n) is 5.84. The lowest BCUT2D eigenvalue weighted by Gasteiger charge is -2.35. The van der Waals surface area contributed by atoms with Crippen LogP contribution >= 0.6 is 11.3 Å². The molecule has 220 valence electrons. The second-order valence-corrected chi connectivity index (χ2v) is 12.4. The molecule has 0 atom stereocenters. The van der Waals surface area contributed by atoms with Crippen LogP contribution in [0.15, 0.2) is 72.8 Å². The Morgan fingerprint density at radius 2 is 1.62 bits per heavy atom. The van der Waals surface area contributed by atoms with Crippen molar-refractivity contribution in [1.29, 1.82) is 0 Å². The molecular weight excluding hydrogens is 544 g/mol. The third-order valence-electron chi connectivity index (χ3n) is 8.19. The normalized spacial score (nSPS) is 13.6. The van der Waals surface area contributed by atoms with E-state index >= 15 is 0 Å². The van der Waals surface area contributed by atoms with Gasteiger partial charge in [0.1, 0.15) is 6.54 Å². The molecule has 0 aliphatic heterocycles. The number of carbonyl (C=O) groups is 2. The van der Waals surface area contributed by atoms with Crippen LogP contribution in [0, 0.1) is 6.92 Å². The maximum atomic E-state index is 14.1. The second kappa shape index (κ2) is 13.9. The molecule has 1 heterocycles. The van der Waals surface area contributed by atoms with E-state index in [1.165, 1.54) is 11.3 Å². The van der Waals surface area contributed by atoms with Crippen molar-refractivity contribution in [3.05, 3.63) is 93.7 Å². The molecule has 0 saturated heterocycles. The summed E-state index contributed by atoms with van der Waals surface area (Å²) in [5, 5.41) is 2.13. The predicted octanol–water partition coefficient (Wildman–Crippen LogP) is 7.27. The second-order valence-electron chi connectivity index (χ2n) is 11.1. The summed E-state index contributed by atoms with van der Waals surface area (Å²) in [6.45, 7) is 3.21. The van der Waals surface area contributed by atoms with E-state index in [1.807, 2.05) is 64.4 Å². The van der Waals surface area contributed by atoms with Crippen molar-refractivity contribution in [2.75, 3.05) is 27.3 Å². The first-order valence-electron chi connectivity index (χ1n) is 14.8. The van der Waals surface area contributed by atoms with E-state index in [0.717, 1.165) is 46.9 Å². The molecule has 1 fully saturated rings. The average molecular weight is 585 g/mol. The Morgan fingerprint density at radius 3 is 2.33 bits per heavy atom. The SMILES string of the molecule is COc1ccc(CCN(Cc2ccc(C)s2)C(=O)CN(C(=O)c2ccc3ccccc3c2)C2CCCCC2)cc1OC. The number of ether oxygens (including phenoxy) is 2. The quantitative estimate of drug-likeness (QED) is 0.186. The molecule has 2 amide bonds. The van der Waals surface area contributed by atoms with Crippen molar-refractivity contribution in [3.8, 4) is 11.5 Å². The van der Waals surface area contributed by atoms with Gasteiger partial charge in [0.05, 0.1) is 20.8 Å². The monoisotopic (exact) mass is 584 g/mol. The van der Waals surface area contributed by atoms with Gasteiger partial charge in [0.2, 0.25) is 5.91 Å². The minimum atomic E-state index is -0.0622. The fraction of sp³-hybridized carbons (Fsp3) is 0.371. The molecule has 0 unspecified atom stereocenters. The molecule has 0 spiro atoms. The molecule has 1 aromatic heterocycles. The Balaban J connectivity index is 1.39. The van der Waals surface area contributed by atoms with Crippen molar-refractivity contribution < 1.29 is 19.1 Å². The van der Waals surface area contributed by atoms with Crippen LogP contribution in [0.1, 0.15) is 57.8 Å². The minimum absolute atomic E-state index is 0.0266. The van der Waals surface area contributed by atoms with Crippen molar-refractivity contribution in [3.63, 3.8) is 0 Å². The number of aryl methyl sites for hydroxylation is 1. The lowest BCUT2D eigenvalue weighted by molar-refractivity contribution is -0.133. The average Bonchev–Trinajstić information content (AvgIpc) is 3.45. The maximum Gasteiger partial charge on any atom is 0.254 e. The molecule has 0 bridgehead atoms. The van der Waals surface area contributed by atoms with Gasteiger partial charge in [-0.05, 0) is 78.9 Å². The largest absolute Gasteiger partial charge is 0.493 e. The Kier molecular flexibility index (Phi) is 9.80. The molecule has 1 aliphatic carbocycles. The Bertz CT molecular complexity index is 1520. The van der Waals surface area contributed by atoms with Crippen LogP contribution in [0.2, 0.25) is 0 Å². The standard InChI is InChI=1S/C35H40N2O4S/c1-25-13-17-31(42-25)23-36(20-19-26-14-18-32(40-2)33(21-26)41-3)34(38)24-37(30-11-5-4-6-12-30)35(39)29-16-15-27-9-7-8-10-28(27)22-29/h7-10,13-18,21-22,30H,4-6,11-12,19-20,23-24H2,1-3H3. The molecule has 5 rings (SSSR count). The van der Waals surface area contributed by atoms with E-state index in [2.05, 4.69) is 25.1 Å². The molecule has 1 saturated carbocycles. The highest BCUT2D eigenvalue weighted by molar-refractivity contribution is 7.11. The first-order valence-corrected chi connectivity index (χ1v) is 15.6. The van der Waals surface area contributed by atoms with Crippen molar-refractivity contribution in [1.82, 2.24) is 9.80 Å². The van der Waals surface area contributed by atoms with Crippen molar-refractivity contribution >= 4 is 33.9 Å². The van der Waals surface area contributed by atoms with Gasteiger partial charge in [0.25, 0.3) is 5.91 Å². The summed E-state index contributed by atoms with van der Waals surface area (Å²) >= 11 is 1.71. The summed E-state index contributed by atoms with van der Waals surface area (Å²) in [6.07, 6.45) is 5.87. The highest BCUT2D eigenvalue weighted by Gasteiger charge is 2.30. The summed E-state index contributed by atoms with van der Waals surface area (Å²) in [6, 6.07) is 24.1. The molecule has 4 aromatic rings. The van der Waals surface area contributed by atoms with Crippen LogP contribution in [-0.2, 0) is 17.8 Å². The lowest BCUT2D eigenvalue weighted by atomic mass is 9.93. The van der Waals surface area contributed by atoms with E-state index in [9.17, 15) is 9.59 Å². The summed E-state index contributed by atoms with van der Waals surface area (Å²) < 4.78 is 10.9. The summed E-state index contributed by atoms with van der Waals surface area (Å²) in [7, 11) is 3.25. The van der Waals surface area contributed by atoms with Crippen molar-refractivity contribution in [2.24, 2.45) is 0 Å². The van der Waals surface area contributed by atoms with E-state index in [0.29, 0.717) is 36.6 Å². The van der Waals surface area contributed by atoms with Gasteiger partial charge < -0.3 is 19.3 Å². The molecular formula is C35H40N2O4S. The number of hydrogen-bond acceptors (Lipinski definition) is 5. The van der Waals surface area contributed by atoms with Gasteiger partial charge in [-0.15, -0.1) is 11.3 Å². The Labute approximate surface area is 252 Å². The predicted molar refractivity (Wildman–Crippen MR) is 170 cm³/mol. The minimum Gasteiger partial charge on any atom is -0.493 e. The smallest absolute Gasteiger partial charge is 0.254 e. The van der Waals surface area contributed by atoms with Gasteiger partial charge in [-0.2, -0.15) is 0 Å².